The summed E-state index contributed by atoms with van der Waals surface area (Å²) in [5.74, 6) is 0. The predicted molar refractivity (Wildman–Crippen MR) is 105 cm³/mol. The summed E-state index contributed by atoms with van der Waals surface area (Å²) in [6.07, 6.45) is 0. The molecule has 0 aliphatic rings. The Bertz CT molecular complexity index is 852. The molecule has 0 saturated carbocycles. The number of hydrogen-bond donors (Lipinski definition) is 0. The summed E-state index contributed by atoms with van der Waals surface area (Å²) in [6.45, 7) is 0. The largest absolute Gasteiger partial charge is 0.748 e. The topological polar surface area (TPSA) is 0 Å². The zero-order valence-corrected chi connectivity index (χ0v) is 17.8. The number of hydrogen-bond acceptors (Lipinski definition) is 0. The van der Waals surface area contributed by atoms with E-state index < -0.39 is 0 Å². The minimum atomic E-state index is 0. The van der Waals surface area contributed by atoms with E-state index in [-0.39, 0.29) is 37.5 Å². The Kier molecular flexibility index (Phi) is 10.2. The molecule has 26 heavy (non-hydrogen) atoms. The molecule has 0 aliphatic carbocycles. The molecular weight excluding hydrogens is 497 g/mol. The second-order valence-corrected chi connectivity index (χ2v) is 6.07. The number of halogens is 2. The van der Waals surface area contributed by atoms with E-state index in [1.54, 1.807) is 0 Å². The third kappa shape index (κ3) is 5.70. The van der Waals surface area contributed by atoms with Crippen LogP contribution in [0.3, 0.4) is 0 Å². The Morgan fingerprint density at radius 2 is 1.12 bits per heavy atom. The molecule has 0 amide bonds. The molecule has 0 bridgehead atoms. The van der Waals surface area contributed by atoms with Crippen molar-refractivity contribution in [1.82, 2.24) is 0 Å². The van der Waals surface area contributed by atoms with Crippen LogP contribution in [0.2, 0.25) is 10.0 Å². The van der Waals surface area contributed by atoms with Gasteiger partial charge in [0.15, 0.2) is 0 Å². The summed E-state index contributed by atoms with van der Waals surface area (Å²) in [5, 5.41) is 1.21. The van der Waals surface area contributed by atoms with Gasteiger partial charge in [-0.3, -0.25) is 0 Å². The van der Waals surface area contributed by atoms with E-state index in [4.69, 9.17) is 23.2 Å². The summed E-state index contributed by atoms with van der Waals surface area (Å²) in [5.41, 5.74) is 4.27. The summed E-state index contributed by atoms with van der Waals surface area (Å²) in [7, 11) is 0. The third-order valence-corrected chi connectivity index (χ3v) is 4.46. The van der Waals surface area contributed by atoms with Crippen molar-refractivity contribution < 1.29 is 37.5 Å². The van der Waals surface area contributed by atoms with Gasteiger partial charge in [0, 0.05) is 37.5 Å². The molecule has 0 aliphatic heterocycles. The van der Waals surface area contributed by atoms with Crippen molar-refractivity contribution in [1.29, 1.82) is 0 Å². The van der Waals surface area contributed by atoms with Crippen LogP contribution in [0.5, 0.6) is 0 Å². The van der Waals surface area contributed by atoms with Crippen LogP contribution in [0.1, 0.15) is 0 Å². The maximum Gasteiger partial charge on any atom is 0 e. The average molecular weight is 514 g/mol. The molecule has 0 N–H and O–H groups in total. The van der Waals surface area contributed by atoms with Crippen LogP contribution in [-0.4, -0.2) is 0 Å². The standard InChI is InChI=1S/C17H11Cl2.C5H5.Fe.Pd/c18-15-11-14(12-7-3-1-4-8-12)16(17(15)19)13-9-5-2-6-10-13;1-2-4-5-3-1;;/h1-11H;1-5H;;/q-1;-5;;. The van der Waals surface area contributed by atoms with Crippen LogP contribution in [0.15, 0.2) is 97.1 Å². The summed E-state index contributed by atoms with van der Waals surface area (Å²) >= 11 is 12.6. The van der Waals surface area contributed by atoms with E-state index in [1.807, 2.05) is 84.9 Å². The molecule has 4 aromatic rings. The molecule has 0 saturated heterocycles. The molecule has 0 fully saturated rings. The molecule has 0 aromatic heterocycles. The van der Waals surface area contributed by atoms with E-state index >= 15 is 0 Å². The molecule has 4 rings (SSSR count). The van der Waals surface area contributed by atoms with Crippen LogP contribution in [-0.2, 0) is 37.5 Å². The van der Waals surface area contributed by atoms with Gasteiger partial charge >= 0.3 is 0 Å². The summed E-state index contributed by atoms with van der Waals surface area (Å²) < 4.78 is 0. The number of benzene rings is 2. The Hall–Kier alpha value is -1.10. The number of rotatable bonds is 2. The predicted octanol–water partition coefficient (Wildman–Crippen LogP) is 7.45. The fourth-order valence-corrected chi connectivity index (χ4v) is 3.02. The second kappa shape index (κ2) is 11.6. The molecule has 0 nitrogen and oxygen atoms in total. The average Bonchev–Trinajstić information content (AvgIpc) is 3.30. The third-order valence-electron chi connectivity index (χ3n) is 3.67. The second-order valence-electron chi connectivity index (χ2n) is 5.29. The van der Waals surface area contributed by atoms with Gasteiger partial charge < -0.3 is 30.3 Å². The van der Waals surface area contributed by atoms with Gasteiger partial charge in [0.1, 0.15) is 0 Å². The van der Waals surface area contributed by atoms with E-state index in [1.165, 1.54) is 0 Å². The minimum absolute atomic E-state index is 0. The first-order valence-electron chi connectivity index (χ1n) is 7.69. The molecule has 4 aromatic carbocycles. The molecule has 142 valence electrons. The Morgan fingerprint density at radius 3 is 1.58 bits per heavy atom. The van der Waals surface area contributed by atoms with E-state index in [9.17, 15) is 0 Å². The summed E-state index contributed by atoms with van der Waals surface area (Å²) in [4.78, 5) is 0. The molecule has 0 spiro atoms. The molecule has 0 radical (unpaired) electrons. The van der Waals surface area contributed by atoms with Crippen LogP contribution in [0.4, 0.5) is 0 Å². The van der Waals surface area contributed by atoms with Crippen LogP contribution in [0, 0.1) is 0 Å². The van der Waals surface area contributed by atoms with Crippen molar-refractivity contribution in [3.05, 3.63) is 107 Å². The van der Waals surface area contributed by atoms with Gasteiger partial charge in [-0.25, -0.2) is 0 Å². The van der Waals surface area contributed by atoms with Gasteiger partial charge in [0.2, 0.25) is 0 Å². The van der Waals surface area contributed by atoms with Gasteiger partial charge in [-0.05, 0) is 0 Å². The van der Waals surface area contributed by atoms with Gasteiger partial charge in [0.25, 0.3) is 0 Å². The van der Waals surface area contributed by atoms with Gasteiger partial charge in [-0.2, -0.15) is 23.2 Å². The van der Waals surface area contributed by atoms with Crippen molar-refractivity contribution in [2.24, 2.45) is 0 Å². The molecule has 4 heteroatoms. The normalized spacial score (nSPS) is 9.31. The smallest absolute Gasteiger partial charge is 0 e. The van der Waals surface area contributed by atoms with Crippen LogP contribution < -0.4 is 0 Å². The Balaban J connectivity index is 0.000000421. The zero-order valence-electron chi connectivity index (χ0n) is 13.7. The fourth-order valence-electron chi connectivity index (χ4n) is 2.55. The van der Waals surface area contributed by atoms with E-state index in [0.29, 0.717) is 10.0 Å². The maximum atomic E-state index is 6.37. The Labute approximate surface area is 189 Å². The Morgan fingerprint density at radius 1 is 0.692 bits per heavy atom. The van der Waals surface area contributed by atoms with Crippen molar-refractivity contribution in [3.63, 3.8) is 0 Å². The van der Waals surface area contributed by atoms with Gasteiger partial charge in [0.05, 0.1) is 0 Å². The molecular formula is C22H16Cl2FePd-6. The van der Waals surface area contributed by atoms with Crippen LogP contribution >= 0.6 is 23.2 Å². The first kappa shape index (κ1) is 22.9. The maximum absolute atomic E-state index is 6.37. The minimum Gasteiger partial charge on any atom is -0.748 e. The van der Waals surface area contributed by atoms with Crippen molar-refractivity contribution in [2.75, 3.05) is 0 Å². The van der Waals surface area contributed by atoms with Crippen LogP contribution in [0.25, 0.3) is 22.3 Å². The molecule has 0 unspecified atom stereocenters. The van der Waals surface area contributed by atoms with E-state index in [0.717, 1.165) is 22.3 Å². The first-order chi connectivity index (χ1) is 11.8. The zero-order chi connectivity index (χ0) is 16.8. The first-order valence-corrected chi connectivity index (χ1v) is 8.45. The molecule has 0 heterocycles. The van der Waals surface area contributed by atoms with Crippen molar-refractivity contribution >= 4 is 23.2 Å². The van der Waals surface area contributed by atoms with E-state index in [2.05, 4.69) is 12.1 Å². The van der Waals surface area contributed by atoms with Crippen molar-refractivity contribution in [2.45, 2.75) is 0 Å². The SMILES string of the molecule is Clc1c(-c2ccccc2)c(-c2ccccc2)c[c-]1Cl.[Fe].[Pd].[cH-]1[cH-][cH-][cH-][cH-]1. The van der Waals surface area contributed by atoms with Gasteiger partial charge in [-0.15, -0.1) is 17.2 Å². The monoisotopic (exact) mass is 512 g/mol. The quantitative estimate of drug-likeness (QED) is 0.193. The van der Waals surface area contributed by atoms with Gasteiger partial charge in [-0.1, -0.05) is 81.8 Å². The summed E-state index contributed by atoms with van der Waals surface area (Å²) in [6, 6.07) is 32.2. The fraction of sp³-hybridized carbons (Fsp3) is 0. The molecule has 0 atom stereocenters. The van der Waals surface area contributed by atoms with Crippen molar-refractivity contribution in [3.8, 4) is 22.3 Å².